The molecule has 1 fully saturated rings. The molecule has 0 aliphatic carbocycles. The van der Waals surface area contributed by atoms with Gasteiger partial charge in [0, 0.05) is 42.1 Å². The van der Waals surface area contributed by atoms with Crippen LogP contribution >= 0.6 is 0 Å². The van der Waals surface area contributed by atoms with Gasteiger partial charge in [-0.1, -0.05) is 49.0 Å². The molecule has 3 aromatic carbocycles. The van der Waals surface area contributed by atoms with Gasteiger partial charge in [-0.15, -0.1) is 0 Å². The maximum atomic E-state index is 13.4. The Kier molecular flexibility index (Phi) is 7.72. The molecule has 6 rings (SSSR count). The lowest BCUT2D eigenvalue weighted by atomic mass is 10.0. The van der Waals surface area contributed by atoms with Gasteiger partial charge in [-0.05, 0) is 67.3 Å². The third kappa shape index (κ3) is 5.90. The maximum Gasteiger partial charge on any atom is 0.274 e. The minimum atomic E-state index is -0.360. The summed E-state index contributed by atoms with van der Waals surface area (Å²) in [5, 5.41) is 14.0. The van der Waals surface area contributed by atoms with Crippen LogP contribution in [-0.4, -0.2) is 44.9 Å². The van der Waals surface area contributed by atoms with Crippen molar-refractivity contribution in [2.75, 3.05) is 28.6 Å². The van der Waals surface area contributed by atoms with Crippen molar-refractivity contribution in [2.45, 2.75) is 25.7 Å². The number of nitrogens with one attached hydrogen (secondary N) is 3. The lowest BCUT2D eigenvalue weighted by Crippen LogP contribution is -2.29. The van der Waals surface area contributed by atoms with Crippen LogP contribution in [0.15, 0.2) is 91.5 Å². The molecule has 42 heavy (non-hydrogen) atoms. The van der Waals surface area contributed by atoms with E-state index in [0.29, 0.717) is 28.4 Å². The zero-order valence-electron chi connectivity index (χ0n) is 23.1. The average molecular weight is 558 g/mol. The number of ketones is 1. The standard InChI is InChI=1S/C33H31N7O2/c1-2-27(41)20-22-11-9-12-23(19-22)29-28-30(32(42)34-24-13-5-3-6-14-24)38-39-31(28)37-33(36-29)35-25-15-10-16-26(21-25)40-17-7-4-8-18-40/h2-3,5-6,9-16,19,21H,1,4,7-8,17-18,20H2,(H,34,42)(H2,35,36,37,38,39). The highest BCUT2D eigenvalue weighted by atomic mass is 16.2. The number of H-pyrrole nitrogens is 1. The summed E-state index contributed by atoms with van der Waals surface area (Å²) in [6.07, 6.45) is 5.18. The summed E-state index contributed by atoms with van der Waals surface area (Å²) in [4.78, 5) is 37.4. The van der Waals surface area contributed by atoms with E-state index in [-0.39, 0.29) is 23.8 Å². The molecule has 0 radical (unpaired) electrons. The molecule has 0 unspecified atom stereocenters. The van der Waals surface area contributed by atoms with Gasteiger partial charge in [0.2, 0.25) is 5.95 Å². The maximum absolute atomic E-state index is 13.4. The van der Waals surface area contributed by atoms with Crippen LogP contribution in [-0.2, 0) is 11.2 Å². The minimum Gasteiger partial charge on any atom is -0.371 e. The molecular weight excluding hydrogens is 526 g/mol. The highest BCUT2D eigenvalue weighted by Gasteiger charge is 2.22. The number of carbonyl (C=O) groups excluding carboxylic acids is 2. The van der Waals surface area contributed by atoms with Crippen LogP contribution in [0, 0.1) is 0 Å². The Morgan fingerprint density at radius 1 is 0.905 bits per heavy atom. The van der Waals surface area contributed by atoms with Gasteiger partial charge in [-0.3, -0.25) is 14.7 Å². The summed E-state index contributed by atoms with van der Waals surface area (Å²) in [7, 11) is 0. The van der Waals surface area contributed by atoms with Gasteiger partial charge in [0.15, 0.2) is 11.4 Å². The predicted octanol–water partition coefficient (Wildman–Crippen LogP) is 6.30. The largest absolute Gasteiger partial charge is 0.371 e. The first kappa shape index (κ1) is 26.9. The van der Waals surface area contributed by atoms with Gasteiger partial charge in [0.1, 0.15) is 5.69 Å². The predicted molar refractivity (Wildman–Crippen MR) is 166 cm³/mol. The molecule has 2 aromatic heterocycles. The van der Waals surface area contributed by atoms with Crippen LogP contribution in [0.2, 0.25) is 0 Å². The highest BCUT2D eigenvalue weighted by molar-refractivity contribution is 6.13. The number of aromatic nitrogens is 4. The highest BCUT2D eigenvalue weighted by Crippen LogP contribution is 2.32. The van der Waals surface area contributed by atoms with Crippen LogP contribution in [0.4, 0.5) is 23.0 Å². The minimum absolute atomic E-state index is 0.0813. The van der Waals surface area contributed by atoms with Gasteiger partial charge in [0.05, 0.1) is 11.1 Å². The molecule has 9 nitrogen and oxygen atoms in total. The zero-order valence-corrected chi connectivity index (χ0v) is 23.1. The average Bonchev–Trinajstić information content (AvgIpc) is 3.46. The molecule has 1 aliphatic rings. The fourth-order valence-corrected chi connectivity index (χ4v) is 5.23. The molecule has 5 aromatic rings. The number of hydrogen-bond acceptors (Lipinski definition) is 7. The summed E-state index contributed by atoms with van der Waals surface area (Å²) < 4.78 is 0. The lowest BCUT2D eigenvalue weighted by Gasteiger charge is -2.29. The van der Waals surface area contributed by atoms with E-state index < -0.39 is 0 Å². The number of benzene rings is 3. The van der Waals surface area contributed by atoms with Crippen LogP contribution in [0.3, 0.4) is 0 Å². The van der Waals surface area contributed by atoms with Crippen molar-refractivity contribution in [1.29, 1.82) is 0 Å². The molecular formula is C33H31N7O2. The van der Waals surface area contributed by atoms with E-state index in [2.05, 4.69) is 49.4 Å². The Bertz CT molecular complexity index is 1760. The number of fused-ring (bicyclic) bond motifs is 1. The van der Waals surface area contributed by atoms with Crippen molar-refractivity contribution in [2.24, 2.45) is 0 Å². The van der Waals surface area contributed by atoms with E-state index in [9.17, 15) is 9.59 Å². The third-order valence-corrected chi connectivity index (χ3v) is 7.30. The summed E-state index contributed by atoms with van der Waals surface area (Å²) in [5.74, 6) is -0.0916. The smallest absolute Gasteiger partial charge is 0.274 e. The number of piperidine rings is 1. The van der Waals surface area contributed by atoms with Crippen molar-refractivity contribution >= 4 is 45.7 Å². The molecule has 0 bridgehead atoms. The molecule has 0 spiro atoms. The van der Waals surface area contributed by atoms with Crippen LogP contribution in [0.25, 0.3) is 22.3 Å². The van der Waals surface area contributed by atoms with Crippen molar-refractivity contribution < 1.29 is 9.59 Å². The molecule has 1 saturated heterocycles. The van der Waals surface area contributed by atoms with Crippen molar-refractivity contribution in [1.82, 2.24) is 20.2 Å². The van der Waals surface area contributed by atoms with Gasteiger partial charge < -0.3 is 15.5 Å². The Hall–Kier alpha value is -5.31. The summed E-state index contributed by atoms with van der Waals surface area (Å²) in [5.41, 5.74) is 5.32. The van der Waals surface area contributed by atoms with Crippen molar-refractivity contribution in [3.63, 3.8) is 0 Å². The number of hydrogen-bond donors (Lipinski definition) is 3. The Morgan fingerprint density at radius 2 is 1.69 bits per heavy atom. The first-order chi connectivity index (χ1) is 20.6. The second-order valence-electron chi connectivity index (χ2n) is 10.3. The second kappa shape index (κ2) is 12.1. The normalized spacial score (nSPS) is 13.1. The number of allylic oxidation sites excluding steroid dienone is 1. The third-order valence-electron chi connectivity index (χ3n) is 7.30. The number of rotatable bonds is 9. The topological polar surface area (TPSA) is 116 Å². The molecule has 1 amide bonds. The second-order valence-corrected chi connectivity index (χ2v) is 10.3. The fraction of sp³-hybridized carbons (Fsp3) is 0.182. The Labute approximate surface area is 243 Å². The van der Waals surface area contributed by atoms with Crippen molar-refractivity contribution in [3.05, 3.63) is 103 Å². The van der Waals surface area contributed by atoms with E-state index >= 15 is 0 Å². The monoisotopic (exact) mass is 557 g/mol. The zero-order chi connectivity index (χ0) is 28.9. The van der Waals surface area contributed by atoms with Crippen molar-refractivity contribution in [3.8, 4) is 11.3 Å². The summed E-state index contributed by atoms with van der Waals surface area (Å²) >= 11 is 0. The first-order valence-corrected chi connectivity index (χ1v) is 14.1. The molecule has 0 atom stereocenters. The lowest BCUT2D eigenvalue weighted by molar-refractivity contribution is -0.114. The summed E-state index contributed by atoms with van der Waals surface area (Å²) in [6.45, 7) is 5.67. The quantitative estimate of drug-likeness (QED) is 0.182. The Balaban J connectivity index is 1.40. The van der Waals surface area contributed by atoms with Gasteiger partial charge in [-0.2, -0.15) is 10.1 Å². The Morgan fingerprint density at radius 3 is 2.50 bits per heavy atom. The number of aromatic amines is 1. The molecule has 3 heterocycles. The van der Waals surface area contributed by atoms with Crippen LogP contribution in [0.1, 0.15) is 35.3 Å². The number of nitrogens with zero attached hydrogens (tertiary/aromatic N) is 4. The molecule has 210 valence electrons. The molecule has 1 aliphatic heterocycles. The first-order valence-electron chi connectivity index (χ1n) is 14.1. The molecule has 9 heteroatoms. The summed E-state index contributed by atoms with van der Waals surface area (Å²) in [6, 6.07) is 25.0. The molecule has 3 N–H and O–H groups in total. The molecule has 0 saturated carbocycles. The van der Waals surface area contributed by atoms with Crippen LogP contribution in [0.5, 0.6) is 0 Å². The van der Waals surface area contributed by atoms with E-state index in [1.807, 2.05) is 66.7 Å². The van der Waals surface area contributed by atoms with E-state index in [4.69, 9.17) is 4.98 Å². The van der Waals surface area contributed by atoms with Crippen LogP contribution < -0.4 is 15.5 Å². The van der Waals surface area contributed by atoms with Gasteiger partial charge in [0.25, 0.3) is 5.91 Å². The SMILES string of the molecule is C=CC(=O)Cc1cccc(-c2nc(Nc3cccc(N4CCCCC4)c3)nc3n[nH]c(C(=O)Nc4ccccc4)c23)c1. The number of amides is 1. The number of para-hydroxylation sites is 1. The van der Waals surface area contributed by atoms with Gasteiger partial charge >= 0.3 is 0 Å². The van der Waals surface area contributed by atoms with Gasteiger partial charge in [-0.25, -0.2) is 4.98 Å². The van der Waals surface area contributed by atoms with E-state index in [1.165, 1.54) is 25.3 Å². The van der Waals surface area contributed by atoms with E-state index in [0.717, 1.165) is 35.6 Å². The number of anilines is 4. The van der Waals surface area contributed by atoms with E-state index in [1.54, 1.807) is 0 Å². The fourth-order valence-electron chi connectivity index (χ4n) is 5.23. The number of carbonyl (C=O) groups is 2.